The molecule has 0 saturated heterocycles. The predicted octanol–water partition coefficient (Wildman–Crippen LogP) is 1.46. The van der Waals surface area contributed by atoms with E-state index in [0.717, 1.165) is 36.4 Å². The number of alkyl halides is 8. The third-order valence-corrected chi connectivity index (χ3v) is 4.63. The van der Waals surface area contributed by atoms with Gasteiger partial charge in [0.1, 0.15) is 10.1 Å². The minimum atomic E-state index is -6.35. The van der Waals surface area contributed by atoms with Crippen LogP contribution in [0.2, 0.25) is 0 Å². The molecule has 0 amide bonds. The number of benzene rings is 2. The summed E-state index contributed by atoms with van der Waals surface area (Å²) in [5.41, 5.74) is -0.628. The third-order valence-electron chi connectivity index (χ3n) is 3.80. The van der Waals surface area contributed by atoms with Crippen molar-refractivity contribution in [1.82, 2.24) is 0 Å². The Bertz CT molecular complexity index is 963. The predicted molar refractivity (Wildman–Crippen MR) is 76.5 cm³/mol. The summed E-state index contributed by atoms with van der Waals surface area (Å²) in [6.45, 7) is 0. The molecule has 0 aliphatic carbocycles. The van der Waals surface area contributed by atoms with Gasteiger partial charge in [0, 0.05) is 6.42 Å². The molecule has 2 aromatic carbocycles. The van der Waals surface area contributed by atoms with Crippen LogP contribution in [0.1, 0.15) is 5.56 Å². The van der Waals surface area contributed by atoms with Crippen LogP contribution in [-0.2, 0) is 16.5 Å². The molecule has 3 nitrogen and oxygen atoms in total. The smallest absolute Gasteiger partial charge is 0.744 e. The average Bonchev–Trinajstić information content (AvgIpc) is 2.53. The number of hydrogen-bond acceptors (Lipinski definition) is 3. The van der Waals surface area contributed by atoms with Gasteiger partial charge >= 0.3 is 75.6 Å². The number of fused-ring (bicyclic) bond motifs is 1. The summed E-state index contributed by atoms with van der Waals surface area (Å²) in [7, 11) is -4.90. The zero-order valence-electron chi connectivity index (χ0n) is 13.9. The quantitative estimate of drug-likeness (QED) is 0.373. The monoisotopic (exact) mass is 460 g/mol. The molecule has 0 atom stereocenters. The van der Waals surface area contributed by atoms with E-state index in [4.69, 9.17) is 0 Å². The molecule has 0 aromatic heterocycles. The minimum absolute atomic E-state index is 0. The zero-order chi connectivity index (χ0) is 20.8. The Balaban J connectivity index is 0.00000392. The van der Waals surface area contributed by atoms with Crippen LogP contribution in [0.3, 0.4) is 0 Å². The van der Waals surface area contributed by atoms with E-state index in [-0.39, 0.29) is 62.2 Å². The van der Waals surface area contributed by atoms with E-state index in [1.54, 1.807) is 0 Å². The van der Waals surface area contributed by atoms with Crippen molar-refractivity contribution in [2.24, 2.45) is 0 Å². The fourth-order valence-corrected chi connectivity index (χ4v) is 2.88. The average molecular weight is 460 g/mol. The fourth-order valence-electron chi connectivity index (χ4n) is 2.37. The molecule has 0 heterocycles. The Hall–Kier alpha value is -0.314. The van der Waals surface area contributed by atoms with E-state index < -0.39 is 51.2 Å². The van der Waals surface area contributed by atoms with Crippen LogP contribution in [0, 0.1) is 0 Å². The van der Waals surface area contributed by atoms with Crippen molar-refractivity contribution in [3.63, 3.8) is 0 Å². The van der Waals surface area contributed by atoms with Gasteiger partial charge in [-0.1, -0.05) is 24.3 Å². The molecule has 0 bridgehead atoms. The summed E-state index contributed by atoms with van der Waals surface area (Å²) in [6.07, 6.45) is -7.04. The van der Waals surface area contributed by atoms with Gasteiger partial charge in [-0.2, -0.15) is 26.3 Å². The second-order valence-electron chi connectivity index (χ2n) is 5.63. The largest absolute Gasteiger partial charge is 1.00 e. The molecule has 0 N–H and O–H groups in total. The second-order valence-corrected chi connectivity index (χ2v) is 7.01. The van der Waals surface area contributed by atoms with E-state index in [1.807, 2.05) is 0 Å². The number of halogens is 8. The Kier molecular flexibility index (Phi) is 7.75. The number of hydrogen-bond donors (Lipinski definition) is 0. The summed E-state index contributed by atoms with van der Waals surface area (Å²) in [6, 6.07) is 5.41. The Morgan fingerprint density at radius 1 is 0.964 bits per heavy atom. The standard InChI is InChI=1S/C15H10F8O3S.K/c16-12(17)14(20,21)15(22,23)13(18,19)7-9-3-1-2-8-6-10(27(24,25)26)4-5-11(8)9;/h1-6,12H,7H2,(H,24,25,26);/q;+1/p-1. The molecule has 0 fully saturated rings. The first-order valence-corrected chi connectivity index (χ1v) is 8.41. The van der Waals surface area contributed by atoms with Crippen molar-refractivity contribution in [3.8, 4) is 0 Å². The SMILES string of the molecule is O=S(=O)([O-])c1ccc2c(CC(F)(F)C(F)(F)C(F)(F)C(F)F)cccc2c1.[K+]. The van der Waals surface area contributed by atoms with Gasteiger partial charge in [0.15, 0.2) is 0 Å². The molecule has 0 radical (unpaired) electrons. The van der Waals surface area contributed by atoms with Crippen LogP contribution in [0.15, 0.2) is 41.3 Å². The summed E-state index contributed by atoms with van der Waals surface area (Å²) < 4.78 is 138. The third kappa shape index (κ3) is 4.70. The van der Waals surface area contributed by atoms with Crippen molar-refractivity contribution in [2.75, 3.05) is 0 Å². The molecule has 0 saturated carbocycles. The second kappa shape index (κ2) is 8.44. The maximum Gasteiger partial charge on any atom is 1.00 e. The summed E-state index contributed by atoms with van der Waals surface area (Å²) in [5, 5.41) is -0.357. The first kappa shape index (κ1) is 25.7. The van der Waals surface area contributed by atoms with Crippen LogP contribution in [0.4, 0.5) is 35.1 Å². The topological polar surface area (TPSA) is 57.2 Å². The van der Waals surface area contributed by atoms with E-state index in [1.165, 1.54) is 0 Å². The molecule has 0 aliphatic heterocycles. The summed E-state index contributed by atoms with van der Waals surface area (Å²) in [5.74, 6) is -18.2. The maximum absolute atomic E-state index is 13.8. The van der Waals surface area contributed by atoms with Crippen molar-refractivity contribution in [1.29, 1.82) is 0 Å². The number of rotatable bonds is 6. The fraction of sp³-hybridized carbons (Fsp3) is 0.333. The van der Waals surface area contributed by atoms with Crippen molar-refractivity contribution < 1.29 is 99.5 Å². The van der Waals surface area contributed by atoms with Gasteiger partial charge < -0.3 is 4.55 Å². The van der Waals surface area contributed by atoms with E-state index in [0.29, 0.717) is 0 Å². The molecule has 150 valence electrons. The van der Waals surface area contributed by atoms with Crippen molar-refractivity contribution >= 4 is 20.9 Å². The van der Waals surface area contributed by atoms with Crippen LogP contribution < -0.4 is 51.4 Å². The first-order chi connectivity index (χ1) is 12.1. The van der Waals surface area contributed by atoms with Gasteiger partial charge in [-0.05, 0) is 28.5 Å². The maximum atomic E-state index is 13.8. The van der Waals surface area contributed by atoms with E-state index in [9.17, 15) is 48.1 Å². The van der Waals surface area contributed by atoms with Crippen LogP contribution in [0.25, 0.3) is 10.8 Å². The van der Waals surface area contributed by atoms with Gasteiger partial charge in [0.05, 0.1) is 4.90 Å². The first-order valence-electron chi connectivity index (χ1n) is 7.00. The Morgan fingerprint density at radius 3 is 2.04 bits per heavy atom. The minimum Gasteiger partial charge on any atom is -0.744 e. The van der Waals surface area contributed by atoms with Crippen LogP contribution >= 0.6 is 0 Å². The molecule has 0 spiro atoms. The molecule has 2 rings (SSSR count). The Morgan fingerprint density at radius 2 is 1.54 bits per heavy atom. The van der Waals surface area contributed by atoms with Gasteiger partial charge in [-0.25, -0.2) is 17.2 Å². The van der Waals surface area contributed by atoms with E-state index in [2.05, 4.69) is 0 Å². The Labute approximate surface area is 196 Å². The molecule has 2 aromatic rings. The normalized spacial score (nSPS) is 13.6. The van der Waals surface area contributed by atoms with Crippen LogP contribution in [0.5, 0.6) is 0 Å². The molecular weight excluding hydrogens is 451 g/mol. The van der Waals surface area contributed by atoms with Gasteiger partial charge in [-0.15, -0.1) is 0 Å². The van der Waals surface area contributed by atoms with Gasteiger partial charge in [-0.3, -0.25) is 0 Å². The van der Waals surface area contributed by atoms with Crippen molar-refractivity contribution in [2.45, 2.75) is 35.5 Å². The van der Waals surface area contributed by atoms with Gasteiger partial charge in [0.25, 0.3) is 0 Å². The molecule has 0 aliphatic rings. The van der Waals surface area contributed by atoms with Crippen molar-refractivity contribution in [3.05, 3.63) is 42.0 Å². The van der Waals surface area contributed by atoms with Crippen LogP contribution in [-0.4, -0.2) is 37.2 Å². The molecular formula is C15H9F8KO3S. The molecule has 0 unspecified atom stereocenters. The molecule has 28 heavy (non-hydrogen) atoms. The summed E-state index contributed by atoms with van der Waals surface area (Å²) >= 11 is 0. The summed E-state index contributed by atoms with van der Waals surface area (Å²) in [4.78, 5) is -0.728. The zero-order valence-corrected chi connectivity index (χ0v) is 17.8. The molecule has 13 heteroatoms. The van der Waals surface area contributed by atoms with Gasteiger partial charge in [0.2, 0.25) is 0 Å². The van der Waals surface area contributed by atoms with E-state index >= 15 is 0 Å².